The fourth-order valence-corrected chi connectivity index (χ4v) is 3.56. The van der Waals surface area contributed by atoms with Gasteiger partial charge < -0.3 is 35.5 Å². The molecule has 1 fully saturated rings. The van der Waals surface area contributed by atoms with Gasteiger partial charge in [-0.3, -0.25) is 9.36 Å². The van der Waals surface area contributed by atoms with Gasteiger partial charge >= 0.3 is 0 Å². The van der Waals surface area contributed by atoms with Crippen molar-refractivity contribution < 1.29 is 29.2 Å². The second-order valence-electron chi connectivity index (χ2n) is 7.26. The Morgan fingerprint density at radius 1 is 1.21 bits per heavy atom. The monoisotopic (exact) mass is 456 g/mol. The average Bonchev–Trinajstić information content (AvgIpc) is 3.38. The van der Waals surface area contributed by atoms with Crippen LogP contribution >= 0.6 is 0 Å². The number of hydrogen-bond acceptors (Lipinski definition) is 10. The fraction of sp³-hybridized carbons (Fsp3) is 0.333. The van der Waals surface area contributed by atoms with E-state index in [2.05, 4.69) is 20.3 Å². The van der Waals surface area contributed by atoms with Crippen LogP contribution in [0, 0.1) is 0 Å². The first-order valence-electron chi connectivity index (χ1n) is 10.1. The summed E-state index contributed by atoms with van der Waals surface area (Å²) >= 11 is 0. The lowest BCUT2D eigenvalue weighted by molar-refractivity contribution is -0.0245. The molecule has 1 aliphatic rings. The molecular formula is C21H24N6O6. The van der Waals surface area contributed by atoms with Gasteiger partial charge in [-0.15, -0.1) is 0 Å². The normalized spacial score (nSPS) is 22.7. The zero-order valence-corrected chi connectivity index (χ0v) is 18.0. The lowest BCUT2D eigenvalue weighted by Crippen LogP contribution is -2.31. The number of carbonyl (C=O) groups is 1. The van der Waals surface area contributed by atoms with Gasteiger partial charge in [-0.1, -0.05) is 12.2 Å². The molecule has 0 spiro atoms. The molecule has 4 atom stereocenters. The number of nitrogen functional groups attached to an aromatic ring is 1. The molecule has 3 heterocycles. The SMILES string of the molecule is COc1ccc(C(=O)NC/C=C/[C@H]2O[C@@H](n3cnc4c(N)ncnc43)[C@H](O)[C@@H]2O)cc1OC. The summed E-state index contributed by atoms with van der Waals surface area (Å²) < 4.78 is 17.7. The van der Waals surface area contributed by atoms with E-state index in [-0.39, 0.29) is 18.3 Å². The first kappa shape index (κ1) is 22.5. The number of aliphatic hydroxyl groups excluding tert-OH is 2. The van der Waals surface area contributed by atoms with E-state index < -0.39 is 24.5 Å². The Labute approximate surface area is 188 Å². The molecule has 1 saturated heterocycles. The maximum Gasteiger partial charge on any atom is 0.251 e. The molecule has 3 aromatic rings. The van der Waals surface area contributed by atoms with Crippen molar-refractivity contribution in [3.63, 3.8) is 0 Å². The lowest BCUT2D eigenvalue weighted by Gasteiger charge is -2.16. The van der Waals surface area contributed by atoms with Gasteiger partial charge in [-0.25, -0.2) is 15.0 Å². The van der Waals surface area contributed by atoms with Gasteiger partial charge in [0.05, 0.1) is 20.5 Å². The van der Waals surface area contributed by atoms with Crippen molar-refractivity contribution in [3.05, 3.63) is 48.6 Å². The predicted octanol–water partition coefficient (Wildman–Crippen LogP) is 0.0311. The molecule has 12 heteroatoms. The number of aromatic nitrogens is 4. The number of benzene rings is 1. The van der Waals surface area contributed by atoms with E-state index in [0.29, 0.717) is 28.2 Å². The summed E-state index contributed by atoms with van der Waals surface area (Å²) in [6.07, 6.45) is 1.77. The molecular weight excluding hydrogens is 432 g/mol. The molecule has 174 valence electrons. The molecule has 12 nitrogen and oxygen atoms in total. The molecule has 5 N–H and O–H groups in total. The van der Waals surface area contributed by atoms with Crippen LogP contribution < -0.4 is 20.5 Å². The number of fused-ring (bicyclic) bond motifs is 1. The first-order valence-corrected chi connectivity index (χ1v) is 10.1. The van der Waals surface area contributed by atoms with E-state index in [9.17, 15) is 15.0 Å². The van der Waals surface area contributed by atoms with Gasteiger partial charge in [0.2, 0.25) is 0 Å². The third-order valence-corrected chi connectivity index (χ3v) is 5.29. The van der Waals surface area contributed by atoms with Gasteiger partial charge in [0.25, 0.3) is 5.91 Å². The molecule has 0 unspecified atom stereocenters. The molecule has 2 aromatic heterocycles. The summed E-state index contributed by atoms with van der Waals surface area (Å²) in [5.41, 5.74) is 6.96. The minimum absolute atomic E-state index is 0.179. The van der Waals surface area contributed by atoms with Gasteiger partial charge in [0.15, 0.2) is 29.2 Å². The molecule has 1 aliphatic heterocycles. The van der Waals surface area contributed by atoms with E-state index in [0.717, 1.165) is 0 Å². The zero-order chi connectivity index (χ0) is 23.5. The van der Waals surface area contributed by atoms with Crippen molar-refractivity contribution >= 4 is 22.9 Å². The fourth-order valence-electron chi connectivity index (χ4n) is 3.56. The highest BCUT2D eigenvalue weighted by Gasteiger charge is 2.43. The largest absolute Gasteiger partial charge is 0.493 e. The molecule has 0 radical (unpaired) electrons. The highest BCUT2D eigenvalue weighted by Crippen LogP contribution is 2.32. The maximum atomic E-state index is 12.4. The van der Waals surface area contributed by atoms with Gasteiger partial charge in [-0.05, 0) is 18.2 Å². The van der Waals surface area contributed by atoms with Crippen LogP contribution in [0.2, 0.25) is 0 Å². The van der Waals surface area contributed by atoms with Crippen molar-refractivity contribution in [2.75, 3.05) is 26.5 Å². The molecule has 0 saturated carbocycles. The van der Waals surface area contributed by atoms with Gasteiger partial charge in [0.1, 0.15) is 30.2 Å². The Morgan fingerprint density at radius 2 is 2.00 bits per heavy atom. The van der Waals surface area contributed by atoms with Crippen LogP contribution in [0.5, 0.6) is 11.5 Å². The third kappa shape index (κ3) is 4.31. The Hall–Kier alpha value is -3.74. The summed E-state index contributed by atoms with van der Waals surface area (Å²) in [5.74, 6) is 0.860. The van der Waals surface area contributed by atoms with E-state index in [4.69, 9.17) is 19.9 Å². The van der Waals surface area contributed by atoms with Crippen LogP contribution in [0.1, 0.15) is 16.6 Å². The van der Waals surface area contributed by atoms with Crippen LogP contribution in [0.3, 0.4) is 0 Å². The molecule has 4 rings (SSSR count). The van der Waals surface area contributed by atoms with Crippen molar-refractivity contribution in [1.29, 1.82) is 0 Å². The quantitative estimate of drug-likeness (QED) is 0.356. The van der Waals surface area contributed by atoms with E-state index >= 15 is 0 Å². The number of rotatable bonds is 7. The maximum absolute atomic E-state index is 12.4. The second kappa shape index (κ2) is 9.40. The number of ether oxygens (including phenoxy) is 3. The Kier molecular flexibility index (Phi) is 6.40. The van der Waals surface area contributed by atoms with Crippen molar-refractivity contribution in [2.45, 2.75) is 24.5 Å². The zero-order valence-electron chi connectivity index (χ0n) is 18.0. The van der Waals surface area contributed by atoms with Gasteiger partial charge in [0, 0.05) is 12.1 Å². The number of nitrogens with one attached hydrogen (secondary N) is 1. The minimum Gasteiger partial charge on any atom is -0.493 e. The highest BCUT2D eigenvalue weighted by atomic mass is 16.6. The molecule has 1 amide bonds. The summed E-state index contributed by atoms with van der Waals surface area (Å²) in [4.78, 5) is 24.6. The number of nitrogens with zero attached hydrogens (tertiary/aromatic N) is 4. The Morgan fingerprint density at radius 3 is 2.76 bits per heavy atom. The molecule has 0 bridgehead atoms. The number of nitrogens with two attached hydrogens (primary N) is 1. The number of methoxy groups -OCH3 is 2. The van der Waals surface area contributed by atoms with Crippen molar-refractivity contribution in [1.82, 2.24) is 24.8 Å². The number of imidazole rings is 1. The second-order valence-corrected chi connectivity index (χ2v) is 7.26. The molecule has 33 heavy (non-hydrogen) atoms. The smallest absolute Gasteiger partial charge is 0.251 e. The Bertz CT molecular complexity index is 1180. The van der Waals surface area contributed by atoms with Crippen LogP contribution in [0.15, 0.2) is 43.0 Å². The summed E-state index contributed by atoms with van der Waals surface area (Å²) in [6.45, 7) is 0.179. The average molecular weight is 456 g/mol. The highest BCUT2D eigenvalue weighted by molar-refractivity contribution is 5.95. The van der Waals surface area contributed by atoms with Gasteiger partial charge in [-0.2, -0.15) is 0 Å². The topological polar surface area (TPSA) is 167 Å². The molecule has 1 aromatic carbocycles. The number of anilines is 1. The van der Waals surface area contributed by atoms with Crippen LogP contribution in [0.25, 0.3) is 11.2 Å². The Balaban J connectivity index is 1.39. The standard InChI is InChI=1S/C21H24N6O6/c1-31-12-6-5-11(8-14(12)32-2)20(30)23-7-3-4-13-16(28)17(29)21(33-13)27-10-26-15-18(22)24-9-25-19(15)27/h3-6,8-10,13,16-17,21,28-29H,7H2,1-2H3,(H,23,30)(H2,22,24,25)/b4-3+/t13-,16-,17-,21-/m1/s1. The lowest BCUT2D eigenvalue weighted by atomic mass is 10.1. The summed E-state index contributed by atoms with van der Waals surface area (Å²) in [5, 5.41) is 23.6. The van der Waals surface area contributed by atoms with Crippen molar-refractivity contribution in [2.24, 2.45) is 0 Å². The van der Waals surface area contributed by atoms with Crippen LogP contribution in [-0.4, -0.2) is 74.7 Å². The van der Waals surface area contributed by atoms with E-state index in [1.54, 1.807) is 30.4 Å². The first-order chi connectivity index (χ1) is 15.9. The van der Waals surface area contributed by atoms with Crippen LogP contribution in [0.4, 0.5) is 5.82 Å². The van der Waals surface area contributed by atoms with Crippen LogP contribution in [-0.2, 0) is 4.74 Å². The number of carbonyl (C=O) groups excluding carboxylic acids is 1. The minimum atomic E-state index is -1.23. The van der Waals surface area contributed by atoms with E-state index in [1.807, 2.05) is 0 Å². The third-order valence-electron chi connectivity index (χ3n) is 5.29. The molecule has 0 aliphatic carbocycles. The predicted molar refractivity (Wildman–Crippen MR) is 117 cm³/mol. The van der Waals surface area contributed by atoms with Crippen molar-refractivity contribution in [3.8, 4) is 11.5 Å². The number of aliphatic hydroxyl groups is 2. The number of amides is 1. The summed E-state index contributed by atoms with van der Waals surface area (Å²) in [6, 6.07) is 4.84. The summed E-state index contributed by atoms with van der Waals surface area (Å²) in [7, 11) is 3.01. The number of hydrogen-bond donors (Lipinski definition) is 4. The van der Waals surface area contributed by atoms with E-state index in [1.165, 1.54) is 31.4 Å².